The number of anilines is 2. The number of alkyl halides is 3. The van der Waals surface area contributed by atoms with Gasteiger partial charge in [0.15, 0.2) is 5.13 Å². The second-order valence-electron chi connectivity index (χ2n) is 7.20. The molecule has 2 aromatic heterocycles. The van der Waals surface area contributed by atoms with Crippen LogP contribution in [0.25, 0.3) is 0 Å². The first-order valence-electron chi connectivity index (χ1n) is 9.77. The highest BCUT2D eigenvalue weighted by molar-refractivity contribution is 7.14. The summed E-state index contributed by atoms with van der Waals surface area (Å²) < 4.78 is 38.9. The number of aromatic nitrogens is 1. The number of nitrogens with zero attached hydrogens (tertiary/aromatic N) is 3. The minimum absolute atomic E-state index is 0.102. The summed E-state index contributed by atoms with van der Waals surface area (Å²) in [4.78, 5) is 32.6. The SMILES string of the molecule is O=C(Nc1nc(CC(=O)N2CCN(c3cccc(C(F)(F)F)c3)CC2)cs1)c1ccsc1. The largest absolute Gasteiger partial charge is 0.416 e. The van der Waals surface area contributed by atoms with Gasteiger partial charge in [0.05, 0.1) is 23.2 Å². The van der Waals surface area contributed by atoms with Crippen LogP contribution in [-0.2, 0) is 17.4 Å². The van der Waals surface area contributed by atoms with Crippen molar-refractivity contribution in [3.8, 4) is 0 Å². The van der Waals surface area contributed by atoms with Gasteiger partial charge in [-0.3, -0.25) is 14.9 Å². The minimum Gasteiger partial charge on any atom is -0.368 e. The van der Waals surface area contributed by atoms with Crippen LogP contribution in [0.15, 0.2) is 46.5 Å². The van der Waals surface area contributed by atoms with Crippen LogP contribution < -0.4 is 10.2 Å². The number of amides is 2. The Bertz CT molecular complexity index is 1090. The van der Waals surface area contributed by atoms with E-state index in [1.54, 1.807) is 27.8 Å². The lowest BCUT2D eigenvalue weighted by molar-refractivity contribution is -0.137. The standard InChI is InChI=1S/C21H19F3N4O2S2/c22-21(23,24)15-2-1-3-17(10-15)27-5-7-28(8-6-27)18(29)11-16-13-32-20(25-16)26-19(30)14-4-9-31-12-14/h1-4,9-10,12-13H,5-8,11H2,(H,25,26,30). The number of hydrogen-bond donors (Lipinski definition) is 1. The van der Waals surface area contributed by atoms with Gasteiger partial charge < -0.3 is 9.80 Å². The molecule has 32 heavy (non-hydrogen) atoms. The summed E-state index contributed by atoms with van der Waals surface area (Å²) in [5.41, 5.74) is 0.943. The van der Waals surface area contributed by atoms with E-state index >= 15 is 0 Å². The molecule has 0 aliphatic carbocycles. The van der Waals surface area contributed by atoms with E-state index < -0.39 is 11.7 Å². The number of carbonyl (C=O) groups is 2. The summed E-state index contributed by atoms with van der Waals surface area (Å²) >= 11 is 2.68. The van der Waals surface area contributed by atoms with Crippen molar-refractivity contribution in [2.24, 2.45) is 0 Å². The normalized spacial score (nSPS) is 14.5. The lowest BCUT2D eigenvalue weighted by Crippen LogP contribution is -2.49. The number of benzene rings is 1. The van der Waals surface area contributed by atoms with E-state index in [9.17, 15) is 22.8 Å². The minimum atomic E-state index is -4.39. The van der Waals surface area contributed by atoms with E-state index in [0.717, 1.165) is 12.1 Å². The van der Waals surface area contributed by atoms with Gasteiger partial charge in [-0.15, -0.1) is 11.3 Å². The van der Waals surface area contributed by atoms with Gasteiger partial charge >= 0.3 is 6.18 Å². The summed E-state index contributed by atoms with van der Waals surface area (Å²) in [6.07, 6.45) is -4.28. The van der Waals surface area contributed by atoms with Crippen molar-refractivity contribution in [3.05, 3.63) is 63.3 Å². The van der Waals surface area contributed by atoms with Crippen molar-refractivity contribution in [2.75, 3.05) is 36.4 Å². The summed E-state index contributed by atoms with van der Waals surface area (Å²) in [6, 6.07) is 6.95. The van der Waals surface area contributed by atoms with Crippen molar-refractivity contribution < 1.29 is 22.8 Å². The molecule has 1 saturated heterocycles. The van der Waals surface area contributed by atoms with E-state index in [0.29, 0.717) is 48.3 Å². The number of piperazine rings is 1. The number of halogens is 3. The highest BCUT2D eigenvalue weighted by Gasteiger charge is 2.31. The summed E-state index contributed by atoms with van der Waals surface area (Å²) in [6.45, 7) is 1.74. The summed E-state index contributed by atoms with van der Waals surface area (Å²) in [5.74, 6) is -0.348. The fraction of sp³-hybridized carbons (Fsp3) is 0.286. The zero-order valence-corrected chi connectivity index (χ0v) is 18.4. The number of carbonyl (C=O) groups excluding carboxylic acids is 2. The average Bonchev–Trinajstić information content (AvgIpc) is 3.46. The molecule has 6 nitrogen and oxygen atoms in total. The van der Waals surface area contributed by atoms with Crippen LogP contribution in [0.1, 0.15) is 21.6 Å². The Morgan fingerprint density at radius 2 is 1.88 bits per heavy atom. The molecule has 1 aromatic carbocycles. The second kappa shape index (κ2) is 9.29. The predicted octanol–water partition coefficient (Wildman–Crippen LogP) is 4.37. The number of rotatable bonds is 5. The zero-order valence-electron chi connectivity index (χ0n) is 16.8. The van der Waals surface area contributed by atoms with E-state index in [4.69, 9.17) is 0 Å². The second-order valence-corrected chi connectivity index (χ2v) is 8.84. The summed E-state index contributed by atoms with van der Waals surface area (Å²) in [7, 11) is 0. The third-order valence-corrected chi connectivity index (χ3v) is 6.55. The number of hydrogen-bond acceptors (Lipinski definition) is 6. The van der Waals surface area contributed by atoms with Gasteiger partial charge in [0, 0.05) is 42.6 Å². The quantitative estimate of drug-likeness (QED) is 0.589. The Balaban J connectivity index is 1.30. The van der Waals surface area contributed by atoms with Gasteiger partial charge in [-0.1, -0.05) is 6.07 Å². The van der Waals surface area contributed by atoms with Crippen molar-refractivity contribution in [2.45, 2.75) is 12.6 Å². The molecule has 2 amide bonds. The highest BCUT2D eigenvalue weighted by atomic mass is 32.1. The van der Waals surface area contributed by atoms with Crippen molar-refractivity contribution in [1.29, 1.82) is 0 Å². The van der Waals surface area contributed by atoms with Gasteiger partial charge in [0.25, 0.3) is 5.91 Å². The Hall–Kier alpha value is -2.92. The fourth-order valence-electron chi connectivity index (χ4n) is 3.37. The van der Waals surface area contributed by atoms with Gasteiger partial charge in [0.1, 0.15) is 0 Å². The van der Waals surface area contributed by atoms with Gasteiger partial charge in [-0.25, -0.2) is 4.98 Å². The monoisotopic (exact) mass is 480 g/mol. The van der Waals surface area contributed by atoms with Crippen LogP contribution in [0.4, 0.5) is 24.0 Å². The van der Waals surface area contributed by atoms with Crippen molar-refractivity contribution >= 4 is 45.3 Å². The molecule has 0 spiro atoms. The number of thiophene rings is 1. The molecule has 1 aliphatic rings. The Morgan fingerprint density at radius 1 is 1.09 bits per heavy atom. The molecule has 3 aromatic rings. The maximum atomic E-state index is 13.0. The van der Waals surface area contributed by atoms with Crippen molar-refractivity contribution in [1.82, 2.24) is 9.88 Å². The van der Waals surface area contributed by atoms with Gasteiger partial charge in [-0.2, -0.15) is 24.5 Å². The molecule has 0 saturated carbocycles. The van der Waals surface area contributed by atoms with E-state index in [1.807, 2.05) is 10.3 Å². The molecule has 0 bridgehead atoms. The molecule has 0 radical (unpaired) electrons. The lowest BCUT2D eigenvalue weighted by atomic mass is 10.1. The smallest absolute Gasteiger partial charge is 0.368 e. The van der Waals surface area contributed by atoms with Crippen LogP contribution in [0.3, 0.4) is 0 Å². The van der Waals surface area contributed by atoms with Gasteiger partial charge in [-0.05, 0) is 29.6 Å². The molecular formula is C21H19F3N4O2S2. The molecule has 11 heteroatoms. The molecule has 1 fully saturated rings. The predicted molar refractivity (Wildman–Crippen MR) is 118 cm³/mol. The maximum Gasteiger partial charge on any atom is 0.416 e. The molecule has 4 rings (SSSR count). The molecule has 3 heterocycles. The summed E-state index contributed by atoms with van der Waals surface area (Å²) in [5, 5.41) is 8.44. The Kier molecular flexibility index (Phi) is 6.47. The average molecular weight is 481 g/mol. The molecular weight excluding hydrogens is 461 g/mol. The maximum absolute atomic E-state index is 13.0. The Labute approximate surface area is 190 Å². The topological polar surface area (TPSA) is 65.5 Å². The number of nitrogens with one attached hydrogen (secondary N) is 1. The fourth-order valence-corrected chi connectivity index (χ4v) is 4.71. The molecule has 0 unspecified atom stereocenters. The van der Waals surface area contributed by atoms with Gasteiger partial charge in [0.2, 0.25) is 5.91 Å². The van der Waals surface area contributed by atoms with E-state index in [-0.39, 0.29) is 18.2 Å². The molecule has 1 N–H and O–H groups in total. The third-order valence-electron chi connectivity index (χ3n) is 5.06. The first kappa shape index (κ1) is 22.3. The lowest BCUT2D eigenvalue weighted by Gasteiger charge is -2.36. The molecule has 1 aliphatic heterocycles. The molecule has 168 valence electrons. The van der Waals surface area contributed by atoms with Crippen LogP contribution in [0.5, 0.6) is 0 Å². The van der Waals surface area contributed by atoms with E-state index in [1.165, 1.54) is 28.7 Å². The van der Waals surface area contributed by atoms with E-state index in [2.05, 4.69) is 10.3 Å². The first-order chi connectivity index (χ1) is 15.3. The first-order valence-corrected chi connectivity index (χ1v) is 11.6. The highest BCUT2D eigenvalue weighted by Crippen LogP contribution is 2.32. The van der Waals surface area contributed by atoms with Crippen LogP contribution >= 0.6 is 22.7 Å². The number of thiazole rings is 1. The van der Waals surface area contributed by atoms with Crippen LogP contribution in [0.2, 0.25) is 0 Å². The van der Waals surface area contributed by atoms with Crippen LogP contribution in [-0.4, -0.2) is 47.9 Å². The molecule has 0 atom stereocenters. The van der Waals surface area contributed by atoms with Crippen molar-refractivity contribution in [3.63, 3.8) is 0 Å². The zero-order chi connectivity index (χ0) is 22.7. The third kappa shape index (κ3) is 5.28. The Morgan fingerprint density at radius 3 is 2.56 bits per heavy atom. The van der Waals surface area contributed by atoms with Crippen LogP contribution in [0, 0.1) is 0 Å².